The van der Waals surface area contributed by atoms with Gasteiger partial charge in [0.15, 0.2) is 11.5 Å². The third-order valence-corrected chi connectivity index (χ3v) is 5.48. The Hall–Kier alpha value is -2.60. The molecular formula is C21H23NO4S. The molecule has 1 unspecified atom stereocenters. The van der Waals surface area contributed by atoms with Crippen LogP contribution in [-0.4, -0.2) is 28.8 Å². The van der Waals surface area contributed by atoms with Gasteiger partial charge >= 0.3 is 0 Å². The summed E-state index contributed by atoms with van der Waals surface area (Å²) in [5.74, 6) is -0.450. The number of benzene rings is 1. The van der Waals surface area contributed by atoms with Crippen LogP contribution in [0.15, 0.2) is 53.1 Å². The monoisotopic (exact) mass is 385 g/mol. The minimum atomic E-state index is -0.699. The van der Waals surface area contributed by atoms with Crippen LogP contribution in [0, 0.1) is 5.41 Å². The molecule has 0 saturated heterocycles. The van der Waals surface area contributed by atoms with Crippen LogP contribution in [0.25, 0.3) is 0 Å². The van der Waals surface area contributed by atoms with Crippen molar-refractivity contribution in [1.82, 2.24) is 4.90 Å². The summed E-state index contributed by atoms with van der Waals surface area (Å²) in [5, 5.41) is 12.4. The number of aliphatic hydroxyl groups excluding tert-OH is 1. The number of thiophene rings is 1. The molecule has 1 amide bonds. The van der Waals surface area contributed by atoms with E-state index in [1.165, 1.54) is 11.3 Å². The molecule has 27 heavy (non-hydrogen) atoms. The summed E-state index contributed by atoms with van der Waals surface area (Å²) in [6.45, 7) is 5.66. The van der Waals surface area contributed by atoms with Gasteiger partial charge in [-0.1, -0.05) is 39.0 Å². The molecule has 1 aromatic carbocycles. The van der Waals surface area contributed by atoms with Crippen molar-refractivity contribution in [2.45, 2.75) is 33.4 Å². The normalized spacial score (nSPS) is 17.6. The van der Waals surface area contributed by atoms with Gasteiger partial charge in [0.05, 0.1) is 18.7 Å². The molecule has 0 radical (unpaired) electrons. The fourth-order valence-electron chi connectivity index (χ4n) is 3.12. The average molecular weight is 385 g/mol. The Labute approximate surface area is 162 Å². The average Bonchev–Trinajstić information content (AvgIpc) is 3.23. The standard InChI is InChI=1S/C21H23NO4S/c1-21(2,3)19(24)16-17(15-6-5-11-27-15)22(20(25)18(16)23)12-13-7-9-14(26-4)10-8-13/h5-11,17,23H,12H2,1-4H3. The fourth-order valence-corrected chi connectivity index (χ4v) is 3.97. The highest BCUT2D eigenvalue weighted by atomic mass is 32.1. The quantitative estimate of drug-likeness (QED) is 0.835. The zero-order chi connectivity index (χ0) is 19.8. The SMILES string of the molecule is COc1ccc(CN2C(=O)C(O)=C(C(=O)C(C)(C)C)C2c2cccs2)cc1. The predicted octanol–water partition coefficient (Wildman–Crippen LogP) is 4.27. The van der Waals surface area contributed by atoms with Gasteiger partial charge in [-0.3, -0.25) is 9.59 Å². The van der Waals surface area contributed by atoms with Gasteiger partial charge in [0.25, 0.3) is 5.91 Å². The van der Waals surface area contributed by atoms with Crippen molar-refractivity contribution in [1.29, 1.82) is 0 Å². The summed E-state index contributed by atoms with van der Waals surface area (Å²) >= 11 is 1.47. The lowest BCUT2D eigenvalue weighted by molar-refractivity contribution is -0.130. The van der Waals surface area contributed by atoms with Crippen molar-refractivity contribution in [3.63, 3.8) is 0 Å². The molecule has 0 spiro atoms. The van der Waals surface area contributed by atoms with Gasteiger partial charge in [-0.25, -0.2) is 0 Å². The number of carbonyl (C=O) groups is 2. The van der Waals surface area contributed by atoms with Crippen molar-refractivity contribution < 1.29 is 19.4 Å². The van der Waals surface area contributed by atoms with E-state index in [2.05, 4.69) is 0 Å². The van der Waals surface area contributed by atoms with Crippen LogP contribution < -0.4 is 4.74 Å². The summed E-state index contributed by atoms with van der Waals surface area (Å²) in [6, 6.07) is 10.6. The Morgan fingerprint density at radius 2 is 1.89 bits per heavy atom. The number of hydrogen-bond acceptors (Lipinski definition) is 5. The lowest BCUT2D eigenvalue weighted by Crippen LogP contribution is -2.32. The number of ketones is 1. The zero-order valence-electron chi connectivity index (χ0n) is 15.9. The van der Waals surface area contributed by atoms with Gasteiger partial charge in [0, 0.05) is 16.8 Å². The minimum absolute atomic E-state index is 0.184. The fraction of sp³-hybridized carbons (Fsp3) is 0.333. The summed E-state index contributed by atoms with van der Waals surface area (Å²) in [5.41, 5.74) is 0.376. The minimum Gasteiger partial charge on any atom is -0.503 e. The highest BCUT2D eigenvalue weighted by Gasteiger charge is 2.46. The molecule has 6 heteroatoms. The molecule has 5 nitrogen and oxygen atoms in total. The van der Waals surface area contributed by atoms with Crippen molar-refractivity contribution in [3.05, 3.63) is 63.6 Å². The lowest BCUT2D eigenvalue weighted by atomic mass is 9.83. The number of carbonyl (C=O) groups excluding carboxylic acids is 2. The molecule has 1 aliphatic rings. The van der Waals surface area contributed by atoms with Gasteiger partial charge in [-0.05, 0) is 29.1 Å². The largest absolute Gasteiger partial charge is 0.503 e. The van der Waals surface area contributed by atoms with E-state index in [-0.39, 0.29) is 17.9 Å². The highest BCUT2D eigenvalue weighted by Crippen LogP contribution is 2.43. The van der Waals surface area contributed by atoms with Crippen molar-refractivity contribution >= 4 is 23.0 Å². The molecule has 0 fully saturated rings. The van der Waals surface area contributed by atoms with Gasteiger partial charge in [0.2, 0.25) is 0 Å². The molecule has 2 aromatic rings. The van der Waals surface area contributed by atoms with E-state index in [0.29, 0.717) is 0 Å². The van der Waals surface area contributed by atoms with E-state index in [1.807, 2.05) is 41.8 Å². The second kappa shape index (κ2) is 7.19. The van der Waals surface area contributed by atoms with Crippen LogP contribution in [0.3, 0.4) is 0 Å². The lowest BCUT2D eigenvalue weighted by Gasteiger charge is -2.28. The maximum atomic E-state index is 13.0. The van der Waals surface area contributed by atoms with Gasteiger partial charge in [-0.15, -0.1) is 11.3 Å². The number of hydrogen-bond donors (Lipinski definition) is 1. The smallest absolute Gasteiger partial charge is 0.290 e. The number of rotatable bonds is 5. The first-order valence-corrected chi connectivity index (χ1v) is 9.57. The number of methoxy groups -OCH3 is 1. The Kier molecular flexibility index (Phi) is 5.11. The number of nitrogens with zero attached hydrogens (tertiary/aromatic N) is 1. The highest BCUT2D eigenvalue weighted by molar-refractivity contribution is 7.10. The molecule has 142 valence electrons. The van der Waals surface area contributed by atoms with Crippen LogP contribution >= 0.6 is 11.3 Å². The molecule has 2 heterocycles. The first-order chi connectivity index (χ1) is 12.7. The second-order valence-corrected chi connectivity index (χ2v) is 8.52. The molecule has 0 aliphatic carbocycles. The van der Waals surface area contributed by atoms with Crippen LogP contribution in [-0.2, 0) is 16.1 Å². The zero-order valence-corrected chi connectivity index (χ0v) is 16.7. The molecule has 0 bridgehead atoms. The molecular weight excluding hydrogens is 362 g/mol. The van der Waals surface area contributed by atoms with Gasteiger partial charge < -0.3 is 14.7 Å². The summed E-state index contributed by atoms with van der Waals surface area (Å²) in [7, 11) is 1.60. The van der Waals surface area contributed by atoms with Crippen LogP contribution in [0.2, 0.25) is 0 Å². The maximum Gasteiger partial charge on any atom is 0.290 e. The third-order valence-electron chi connectivity index (χ3n) is 4.55. The third kappa shape index (κ3) is 3.62. The molecule has 0 saturated carbocycles. The summed E-state index contributed by atoms with van der Waals surface area (Å²) < 4.78 is 5.17. The van der Waals surface area contributed by atoms with E-state index < -0.39 is 23.1 Å². The topological polar surface area (TPSA) is 66.8 Å². The second-order valence-electron chi connectivity index (χ2n) is 7.54. The Morgan fingerprint density at radius 1 is 1.22 bits per heavy atom. The number of Topliss-reactive ketones (excluding diaryl/α,β-unsaturated/α-hetero) is 1. The molecule has 1 N–H and O–H groups in total. The van der Waals surface area contributed by atoms with Gasteiger partial charge in [-0.2, -0.15) is 0 Å². The van der Waals surface area contributed by atoms with E-state index in [9.17, 15) is 14.7 Å². The number of aliphatic hydroxyl groups is 1. The maximum absolute atomic E-state index is 13.0. The van der Waals surface area contributed by atoms with Crippen molar-refractivity contribution in [3.8, 4) is 5.75 Å². The molecule has 3 rings (SSSR count). The number of ether oxygens (including phenoxy) is 1. The van der Waals surface area contributed by atoms with Crippen LogP contribution in [0.4, 0.5) is 0 Å². The van der Waals surface area contributed by atoms with Crippen molar-refractivity contribution in [2.24, 2.45) is 5.41 Å². The Bertz CT molecular complexity index is 876. The van der Waals surface area contributed by atoms with E-state index in [1.54, 1.807) is 32.8 Å². The van der Waals surface area contributed by atoms with Gasteiger partial charge in [0.1, 0.15) is 5.75 Å². The summed E-state index contributed by atoms with van der Waals surface area (Å²) in [6.07, 6.45) is 0. The van der Waals surface area contributed by atoms with Crippen molar-refractivity contribution in [2.75, 3.05) is 7.11 Å². The van der Waals surface area contributed by atoms with Crippen LogP contribution in [0.5, 0.6) is 5.75 Å². The first-order valence-electron chi connectivity index (χ1n) is 8.69. The first kappa shape index (κ1) is 19.2. The molecule has 1 atom stereocenters. The van der Waals surface area contributed by atoms with E-state index in [4.69, 9.17) is 4.74 Å². The Balaban J connectivity index is 2.00. The molecule has 1 aromatic heterocycles. The molecule has 1 aliphatic heterocycles. The summed E-state index contributed by atoms with van der Waals surface area (Å²) in [4.78, 5) is 28.2. The number of amides is 1. The van der Waals surface area contributed by atoms with E-state index in [0.717, 1.165) is 16.2 Å². The predicted molar refractivity (Wildman–Crippen MR) is 105 cm³/mol. The Morgan fingerprint density at radius 3 is 2.41 bits per heavy atom. The van der Waals surface area contributed by atoms with E-state index >= 15 is 0 Å². The van der Waals surface area contributed by atoms with Crippen LogP contribution in [0.1, 0.15) is 37.3 Å².